The predicted octanol–water partition coefficient (Wildman–Crippen LogP) is 2.45. The summed E-state index contributed by atoms with van der Waals surface area (Å²) in [6.07, 6.45) is 3.91. The van der Waals surface area contributed by atoms with Crippen LogP contribution in [-0.2, 0) is 6.54 Å². The Morgan fingerprint density at radius 2 is 2.12 bits per heavy atom. The van der Waals surface area contributed by atoms with Gasteiger partial charge in [-0.2, -0.15) is 4.52 Å². The molecule has 3 aromatic heterocycles. The van der Waals surface area contributed by atoms with E-state index in [0.717, 1.165) is 11.3 Å². The van der Waals surface area contributed by atoms with Crippen molar-refractivity contribution < 1.29 is 0 Å². The van der Waals surface area contributed by atoms with Crippen molar-refractivity contribution >= 4 is 32.5 Å². The summed E-state index contributed by atoms with van der Waals surface area (Å²) in [5.74, 6) is 0.998. The van der Waals surface area contributed by atoms with Gasteiger partial charge in [-0.05, 0) is 25.0 Å². The Morgan fingerprint density at radius 1 is 1.25 bits per heavy atom. The normalized spacial score (nSPS) is 14.5. The molecule has 0 amide bonds. The van der Waals surface area contributed by atoms with Crippen molar-refractivity contribution in [2.24, 2.45) is 0 Å². The smallest absolute Gasteiger partial charge is 0.275 e. The predicted molar refractivity (Wildman–Crippen MR) is 92.5 cm³/mol. The Hall–Kier alpha value is -2.74. The van der Waals surface area contributed by atoms with E-state index in [1.807, 2.05) is 18.2 Å². The van der Waals surface area contributed by atoms with E-state index in [1.54, 1.807) is 0 Å². The molecule has 0 unspecified atom stereocenters. The molecule has 8 heteroatoms. The van der Waals surface area contributed by atoms with Crippen LogP contribution in [-0.4, -0.2) is 24.1 Å². The van der Waals surface area contributed by atoms with Gasteiger partial charge in [-0.15, -0.1) is 5.10 Å². The molecule has 5 rings (SSSR count). The largest absolute Gasteiger partial charge is 0.353 e. The number of aromatic nitrogens is 5. The van der Waals surface area contributed by atoms with Gasteiger partial charge in [0.05, 0.1) is 17.6 Å². The fourth-order valence-corrected chi connectivity index (χ4v) is 3.70. The average molecular weight is 338 g/mol. The summed E-state index contributed by atoms with van der Waals surface area (Å²) in [5.41, 5.74) is 2.02. The van der Waals surface area contributed by atoms with Gasteiger partial charge in [0.2, 0.25) is 10.1 Å². The van der Waals surface area contributed by atoms with Crippen LogP contribution in [0.1, 0.15) is 24.7 Å². The van der Waals surface area contributed by atoms with Crippen molar-refractivity contribution in [2.75, 3.05) is 5.32 Å². The highest BCUT2D eigenvalue weighted by atomic mass is 32.1. The minimum atomic E-state index is -0.172. The molecule has 120 valence electrons. The van der Waals surface area contributed by atoms with Gasteiger partial charge in [0.25, 0.3) is 5.56 Å². The van der Waals surface area contributed by atoms with Gasteiger partial charge in [0.15, 0.2) is 0 Å². The molecule has 3 heterocycles. The Labute approximate surface area is 140 Å². The third kappa shape index (κ3) is 2.18. The molecule has 0 saturated heterocycles. The minimum absolute atomic E-state index is 0.172. The number of fused-ring (bicyclic) bond motifs is 2. The summed E-state index contributed by atoms with van der Waals surface area (Å²) in [5, 5.41) is 8.24. The molecular formula is C16H14N6OS. The molecule has 1 N–H and O–H groups in total. The van der Waals surface area contributed by atoms with Crippen LogP contribution < -0.4 is 10.9 Å². The molecular weight excluding hydrogens is 324 g/mol. The summed E-state index contributed by atoms with van der Waals surface area (Å²) < 4.78 is 3.64. The highest BCUT2D eigenvalue weighted by Crippen LogP contribution is 2.38. The fourth-order valence-electron chi connectivity index (χ4n) is 2.93. The van der Waals surface area contributed by atoms with Crippen LogP contribution in [0.4, 0.5) is 5.13 Å². The lowest BCUT2D eigenvalue weighted by Gasteiger charge is -2.07. The van der Waals surface area contributed by atoms with Crippen LogP contribution in [0.5, 0.6) is 0 Å². The summed E-state index contributed by atoms with van der Waals surface area (Å²) in [6, 6.07) is 10.2. The van der Waals surface area contributed by atoms with E-state index in [0.29, 0.717) is 22.7 Å². The molecule has 0 atom stereocenters. The van der Waals surface area contributed by atoms with Gasteiger partial charge in [-0.3, -0.25) is 4.79 Å². The molecule has 1 saturated carbocycles. The zero-order chi connectivity index (χ0) is 16.1. The molecule has 1 fully saturated rings. The average Bonchev–Trinajstić information content (AvgIpc) is 3.21. The van der Waals surface area contributed by atoms with Crippen molar-refractivity contribution in [1.29, 1.82) is 0 Å². The van der Waals surface area contributed by atoms with Gasteiger partial charge >= 0.3 is 0 Å². The van der Waals surface area contributed by atoms with Crippen LogP contribution in [0.25, 0.3) is 16.0 Å². The maximum atomic E-state index is 11.8. The molecule has 0 bridgehead atoms. The Morgan fingerprint density at radius 3 is 2.96 bits per heavy atom. The third-order valence-electron chi connectivity index (χ3n) is 4.15. The first-order valence-electron chi connectivity index (χ1n) is 7.84. The number of nitrogens with zero attached hydrogens (tertiary/aromatic N) is 5. The SMILES string of the molecule is O=c1ccnc2sc(NCc3nc4ccccc4n3C3CC3)nn12. The molecule has 0 radical (unpaired) electrons. The highest BCUT2D eigenvalue weighted by Gasteiger charge is 2.28. The summed E-state index contributed by atoms with van der Waals surface area (Å²) >= 11 is 1.36. The van der Waals surface area contributed by atoms with Crippen molar-refractivity contribution in [3.8, 4) is 0 Å². The molecule has 7 nitrogen and oxygen atoms in total. The maximum Gasteiger partial charge on any atom is 0.275 e. The minimum Gasteiger partial charge on any atom is -0.353 e. The second-order valence-corrected chi connectivity index (χ2v) is 6.81. The second-order valence-electron chi connectivity index (χ2n) is 5.86. The van der Waals surface area contributed by atoms with E-state index < -0.39 is 0 Å². The quantitative estimate of drug-likeness (QED) is 0.618. The summed E-state index contributed by atoms with van der Waals surface area (Å²) in [6.45, 7) is 0.569. The highest BCUT2D eigenvalue weighted by molar-refractivity contribution is 7.20. The zero-order valence-corrected chi connectivity index (χ0v) is 13.5. The van der Waals surface area contributed by atoms with Crippen LogP contribution in [0.3, 0.4) is 0 Å². The first kappa shape index (κ1) is 13.7. The number of hydrogen-bond acceptors (Lipinski definition) is 6. The van der Waals surface area contributed by atoms with E-state index in [9.17, 15) is 4.79 Å². The van der Waals surface area contributed by atoms with Gasteiger partial charge in [0, 0.05) is 18.3 Å². The molecule has 0 aliphatic heterocycles. The standard InChI is InChI=1S/C16H14N6OS/c23-14-7-8-17-16-22(14)20-15(24-16)18-9-13-19-11-3-1-2-4-12(11)21(13)10-5-6-10/h1-4,7-8,10H,5-6,9H2,(H,18,20). The van der Waals surface area contributed by atoms with E-state index >= 15 is 0 Å². The van der Waals surface area contributed by atoms with E-state index in [4.69, 9.17) is 4.98 Å². The van der Waals surface area contributed by atoms with Crippen LogP contribution in [0, 0.1) is 0 Å². The van der Waals surface area contributed by atoms with E-state index in [-0.39, 0.29) is 5.56 Å². The van der Waals surface area contributed by atoms with Crippen molar-refractivity contribution in [2.45, 2.75) is 25.4 Å². The van der Waals surface area contributed by atoms with Crippen LogP contribution in [0.15, 0.2) is 41.3 Å². The Balaban J connectivity index is 1.49. The van der Waals surface area contributed by atoms with Gasteiger partial charge in [-0.25, -0.2) is 9.97 Å². The van der Waals surface area contributed by atoms with Crippen molar-refractivity contribution in [3.63, 3.8) is 0 Å². The van der Waals surface area contributed by atoms with Crippen molar-refractivity contribution in [3.05, 3.63) is 52.7 Å². The van der Waals surface area contributed by atoms with E-state index in [1.165, 1.54) is 46.5 Å². The topological polar surface area (TPSA) is 77.1 Å². The van der Waals surface area contributed by atoms with E-state index in [2.05, 4.69) is 26.0 Å². The Kier molecular flexibility index (Phi) is 2.93. The monoisotopic (exact) mass is 338 g/mol. The number of rotatable bonds is 4. The van der Waals surface area contributed by atoms with Crippen LogP contribution in [0.2, 0.25) is 0 Å². The van der Waals surface area contributed by atoms with Crippen molar-refractivity contribution in [1.82, 2.24) is 24.1 Å². The third-order valence-corrected chi connectivity index (χ3v) is 5.03. The lowest BCUT2D eigenvalue weighted by atomic mass is 10.3. The number of imidazole rings is 1. The lowest BCUT2D eigenvalue weighted by molar-refractivity contribution is 0.710. The number of nitrogens with one attached hydrogen (secondary N) is 1. The number of anilines is 1. The summed E-state index contributed by atoms with van der Waals surface area (Å²) in [4.78, 5) is 21.3. The van der Waals surface area contributed by atoms with Gasteiger partial charge in [0.1, 0.15) is 5.82 Å². The fraction of sp³-hybridized carbons (Fsp3) is 0.250. The lowest BCUT2D eigenvalue weighted by Crippen LogP contribution is -2.13. The molecule has 1 aliphatic carbocycles. The molecule has 0 spiro atoms. The first-order chi connectivity index (χ1) is 11.8. The summed E-state index contributed by atoms with van der Waals surface area (Å²) in [7, 11) is 0. The zero-order valence-electron chi connectivity index (χ0n) is 12.7. The van der Waals surface area contributed by atoms with Crippen LogP contribution >= 0.6 is 11.3 Å². The van der Waals surface area contributed by atoms with Gasteiger partial charge in [-0.1, -0.05) is 23.5 Å². The second kappa shape index (κ2) is 5.13. The molecule has 24 heavy (non-hydrogen) atoms. The Bertz CT molecular complexity index is 1110. The molecule has 1 aliphatic rings. The molecule has 4 aromatic rings. The molecule has 1 aromatic carbocycles. The maximum absolute atomic E-state index is 11.8. The number of para-hydroxylation sites is 2. The number of benzene rings is 1. The number of hydrogen-bond donors (Lipinski definition) is 1. The first-order valence-corrected chi connectivity index (χ1v) is 8.66. The van der Waals surface area contributed by atoms with Gasteiger partial charge < -0.3 is 9.88 Å².